The third kappa shape index (κ3) is 0.880. The molecule has 0 aromatic rings. The molecule has 1 unspecified atom stereocenters. The van der Waals surface area contributed by atoms with Gasteiger partial charge in [0.2, 0.25) is 5.97 Å². The fourth-order valence-corrected chi connectivity index (χ4v) is 0.442. The van der Waals surface area contributed by atoms with Gasteiger partial charge in [0.15, 0.2) is 6.67 Å². The van der Waals surface area contributed by atoms with Crippen LogP contribution in [0.4, 0.5) is 8.78 Å². The Kier molecular flexibility index (Phi) is 1.45. The second kappa shape index (κ2) is 2.14. The van der Waals surface area contributed by atoms with Crippen molar-refractivity contribution < 1.29 is 8.78 Å². The van der Waals surface area contributed by atoms with Crippen molar-refractivity contribution >= 4 is 12.2 Å². The van der Waals surface area contributed by atoms with E-state index in [2.05, 4.69) is 9.98 Å². The molecule has 1 atom stereocenters. The highest BCUT2D eigenvalue weighted by atomic mass is 19.2. The maximum absolute atomic E-state index is 12.7. The average molecular weight is 142 g/mol. The van der Waals surface area contributed by atoms with E-state index in [1.54, 1.807) is 0 Å². The third-order valence-electron chi connectivity index (χ3n) is 0.953. The van der Waals surface area contributed by atoms with Crippen molar-refractivity contribution in [2.75, 3.05) is 0 Å². The molecular weight excluding hydrogens is 140 g/mol. The number of alkyl halides is 1. The fourth-order valence-electron chi connectivity index (χ4n) is 0.442. The van der Waals surface area contributed by atoms with E-state index in [-0.39, 0.29) is 0 Å². The lowest BCUT2D eigenvalue weighted by Crippen LogP contribution is -2.32. The zero-order valence-corrected chi connectivity index (χ0v) is 4.75. The van der Waals surface area contributed by atoms with Gasteiger partial charge in [-0.2, -0.15) is 9.65 Å². The van der Waals surface area contributed by atoms with E-state index in [1.165, 1.54) is 0 Å². The summed E-state index contributed by atoms with van der Waals surface area (Å²) < 4.78 is 24.9. The minimum Gasteiger partial charge on any atom is -0.261 e. The first kappa shape index (κ1) is 6.81. The SMILES string of the molecule is N#CC1(F)C=N[CH]N=C1F. The van der Waals surface area contributed by atoms with Crippen molar-refractivity contribution in [2.45, 2.75) is 5.67 Å². The molecule has 1 rings (SSSR count). The molecule has 51 valence electrons. The lowest BCUT2D eigenvalue weighted by molar-refractivity contribution is 0.406. The van der Waals surface area contributed by atoms with E-state index < -0.39 is 11.6 Å². The lowest BCUT2D eigenvalue weighted by Gasteiger charge is -2.09. The van der Waals surface area contributed by atoms with Crippen molar-refractivity contribution in [1.29, 1.82) is 5.26 Å². The van der Waals surface area contributed by atoms with Crippen LogP contribution in [0.1, 0.15) is 0 Å². The molecule has 0 fully saturated rings. The van der Waals surface area contributed by atoms with Crippen LogP contribution < -0.4 is 0 Å². The summed E-state index contributed by atoms with van der Waals surface area (Å²) in [5.74, 6) is -1.37. The zero-order chi connectivity index (χ0) is 7.61. The molecule has 0 aliphatic carbocycles. The molecule has 5 heteroatoms. The fraction of sp³-hybridized carbons (Fsp3) is 0.200. The summed E-state index contributed by atoms with van der Waals surface area (Å²) in [5, 5.41) is 8.07. The Labute approximate surface area is 55.7 Å². The normalized spacial score (nSPS) is 31.1. The molecule has 0 aromatic heterocycles. The highest BCUT2D eigenvalue weighted by Crippen LogP contribution is 2.15. The Balaban J connectivity index is 2.97. The Morgan fingerprint density at radius 2 is 2.40 bits per heavy atom. The first-order valence-electron chi connectivity index (χ1n) is 2.39. The summed E-state index contributed by atoms with van der Waals surface area (Å²) in [6.07, 6.45) is 0.565. The van der Waals surface area contributed by atoms with Crippen molar-refractivity contribution in [3.63, 3.8) is 0 Å². The lowest BCUT2D eigenvalue weighted by atomic mass is 10.1. The summed E-state index contributed by atoms with van der Waals surface area (Å²) in [6.45, 7) is 0.838. The Bertz CT molecular complexity index is 240. The predicted molar refractivity (Wildman–Crippen MR) is 30.8 cm³/mol. The molecule has 0 N–H and O–H groups in total. The van der Waals surface area contributed by atoms with Gasteiger partial charge >= 0.3 is 0 Å². The molecule has 0 bridgehead atoms. The number of nitrogens with zero attached hydrogens (tertiary/aromatic N) is 3. The number of rotatable bonds is 0. The number of hydrogen-bond acceptors (Lipinski definition) is 3. The molecule has 1 aliphatic heterocycles. The van der Waals surface area contributed by atoms with E-state index in [9.17, 15) is 8.78 Å². The zero-order valence-electron chi connectivity index (χ0n) is 4.75. The highest BCUT2D eigenvalue weighted by Gasteiger charge is 2.36. The highest BCUT2D eigenvalue weighted by molar-refractivity contribution is 6.05. The quantitative estimate of drug-likeness (QED) is 0.493. The van der Waals surface area contributed by atoms with Gasteiger partial charge in [-0.05, 0) is 0 Å². The molecule has 1 heterocycles. The van der Waals surface area contributed by atoms with E-state index in [4.69, 9.17) is 5.26 Å². The Hall–Kier alpha value is -1.31. The van der Waals surface area contributed by atoms with Gasteiger partial charge in [-0.15, -0.1) is 0 Å². The molecule has 10 heavy (non-hydrogen) atoms. The van der Waals surface area contributed by atoms with E-state index in [0.717, 1.165) is 12.7 Å². The van der Waals surface area contributed by atoms with Gasteiger partial charge in [0.05, 0.1) is 6.21 Å². The van der Waals surface area contributed by atoms with Crippen LogP contribution in [0.5, 0.6) is 0 Å². The molecule has 0 amide bonds. The van der Waals surface area contributed by atoms with Crippen LogP contribution in [0.25, 0.3) is 0 Å². The van der Waals surface area contributed by atoms with Crippen LogP contribution in [0, 0.1) is 18.0 Å². The van der Waals surface area contributed by atoms with Crippen molar-refractivity contribution in [3.05, 3.63) is 6.67 Å². The third-order valence-corrected chi connectivity index (χ3v) is 0.953. The Morgan fingerprint density at radius 3 is 2.80 bits per heavy atom. The topological polar surface area (TPSA) is 48.5 Å². The number of halogens is 2. The number of nitriles is 1. The van der Waals surface area contributed by atoms with Crippen molar-refractivity contribution in [1.82, 2.24) is 0 Å². The molecule has 0 aromatic carbocycles. The van der Waals surface area contributed by atoms with Crippen LogP contribution in [0.15, 0.2) is 9.98 Å². The van der Waals surface area contributed by atoms with Gasteiger partial charge in [0, 0.05) is 0 Å². The monoisotopic (exact) mass is 142 g/mol. The van der Waals surface area contributed by atoms with Gasteiger partial charge in [-0.3, -0.25) is 4.99 Å². The van der Waals surface area contributed by atoms with Crippen LogP contribution >= 0.6 is 0 Å². The summed E-state index contributed by atoms with van der Waals surface area (Å²) in [5.41, 5.74) is -2.76. The minimum absolute atomic E-state index is 0.565. The molecule has 0 saturated carbocycles. The standard InChI is InChI=1S/C5H2F2N3/c6-4-5(7,1-8)2-9-3-10-4/h2-3H. The van der Waals surface area contributed by atoms with Crippen molar-refractivity contribution in [3.8, 4) is 6.07 Å². The van der Waals surface area contributed by atoms with Gasteiger partial charge < -0.3 is 0 Å². The molecule has 3 nitrogen and oxygen atoms in total. The summed E-state index contributed by atoms with van der Waals surface area (Å²) in [6, 6.07) is 1.09. The molecule has 1 radical (unpaired) electrons. The van der Waals surface area contributed by atoms with Gasteiger partial charge in [0.25, 0.3) is 5.67 Å². The number of aliphatic imine (C=N–C) groups is 2. The van der Waals surface area contributed by atoms with Crippen molar-refractivity contribution in [2.24, 2.45) is 9.98 Å². The summed E-state index contributed by atoms with van der Waals surface area (Å²) in [7, 11) is 0. The first-order valence-corrected chi connectivity index (χ1v) is 2.39. The second-order valence-corrected chi connectivity index (χ2v) is 1.64. The van der Waals surface area contributed by atoms with E-state index >= 15 is 0 Å². The molecule has 0 saturated heterocycles. The maximum Gasteiger partial charge on any atom is 0.298 e. The molecular formula is C5H2F2N3. The summed E-state index contributed by atoms with van der Waals surface area (Å²) in [4.78, 5) is 6.06. The molecule has 0 spiro atoms. The maximum atomic E-state index is 12.7. The second-order valence-electron chi connectivity index (χ2n) is 1.64. The van der Waals surface area contributed by atoms with Gasteiger partial charge in [0.1, 0.15) is 6.07 Å². The molecule has 1 aliphatic rings. The Morgan fingerprint density at radius 1 is 1.70 bits per heavy atom. The minimum atomic E-state index is -2.76. The average Bonchev–Trinajstić information content (AvgIpc) is 1.96. The summed E-state index contributed by atoms with van der Waals surface area (Å²) >= 11 is 0. The van der Waals surface area contributed by atoms with Crippen LogP contribution in [-0.4, -0.2) is 17.8 Å². The van der Waals surface area contributed by atoms with Crippen LogP contribution in [-0.2, 0) is 0 Å². The van der Waals surface area contributed by atoms with Gasteiger partial charge in [-0.1, -0.05) is 0 Å². The van der Waals surface area contributed by atoms with Crippen LogP contribution in [0.3, 0.4) is 0 Å². The first-order chi connectivity index (χ1) is 4.69. The van der Waals surface area contributed by atoms with Crippen LogP contribution in [0.2, 0.25) is 0 Å². The largest absolute Gasteiger partial charge is 0.298 e. The number of hydrogen-bond donors (Lipinski definition) is 0. The van der Waals surface area contributed by atoms with E-state index in [1.807, 2.05) is 0 Å². The van der Waals surface area contributed by atoms with Gasteiger partial charge in [-0.25, -0.2) is 9.38 Å². The predicted octanol–water partition coefficient (Wildman–Crippen LogP) is 0.790. The smallest absolute Gasteiger partial charge is 0.261 e. The van der Waals surface area contributed by atoms with E-state index in [0.29, 0.717) is 6.21 Å².